The lowest BCUT2D eigenvalue weighted by Crippen LogP contribution is -2.22. The third kappa shape index (κ3) is 3.52. The number of imidazole rings is 1. The Kier molecular flexibility index (Phi) is 5.00. The highest BCUT2D eigenvalue weighted by atomic mass is 32.1. The second-order valence-corrected chi connectivity index (χ2v) is 8.41. The van der Waals surface area contributed by atoms with Gasteiger partial charge in [0.05, 0.1) is 18.0 Å². The Hall–Kier alpha value is -2.76. The van der Waals surface area contributed by atoms with E-state index in [-0.39, 0.29) is 6.04 Å². The van der Waals surface area contributed by atoms with Gasteiger partial charge in [-0.05, 0) is 31.9 Å². The third-order valence-corrected chi connectivity index (χ3v) is 6.49. The molecule has 1 unspecified atom stereocenters. The Balaban J connectivity index is 1.54. The van der Waals surface area contributed by atoms with E-state index in [1.54, 1.807) is 11.3 Å². The minimum Gasteiger partial charge on any atom is -0.330 e. The second-order valence-electron chi connectivity index (χ2n) is 7.50. The zero-order valence-electron chi connectivity index (χ0n) is 16.3. The molecule has 4 aromatic rings. The topological polar surface area (TPSA) is 56.2 Å². The SMILES string of the molecule is NCCCCC1N=C(c2csc3ccccc23)Cn2cc(-c3ccccc3)nc21. The molecule has 5 heteroatoms. The van der Waals surface area contributed by atoms with Crippen molar-refractivity contribution in [1.82, 2.24) is 9.55 Å². The first-order valence-corrected chi connectivity index (χ1v) is 11.1. The van der Waals surface area contributed by atoms with Crippen molar-refractivity contribution < 1.29 is 0 Å². The van der Waals surface area contributed by atoms with Crippen LogP contribution in [0.5, 0.6) is 0 Å². The molecule has 0 spiro atoms. The van der Waals surface area contributed by atoms with Gasteiger partial charge in [-0.2, -0.15) is 0 Å². The highest BCUT2D eigenvalue weighted by Crippen LogP contribution is 2.34. The van der Waals surface area contributed by atoms with Gasteiger partial charge >= 0.3 is 0 Å². The maximum Gasteiger partial charge on any atom is 0.134 e. The molecular formula is C24H24N4S. The van der Waals surface area contributed by atoms with E-state index in [0.29, 0.717) is 0 Å². The van der Waals surface area contributed by atoms with Gasteiger partial charge in [0.1, 0.15) is 11.9 Å². The number of fused-ring (bicyclic) bond motifs is 2. The molecule has 2 aromatic carbocycles. The van der Waals surface area contributed by atoms with Crippen LogP contribution in [0.2, 0.25) is 0 Å². The largest absolute Gasteiger partial charge is 0.330 e. The Bertz CT molecular complexity index is 1160. The number of benzene rings is 2. The van der Waals surface area contributed by atoms with Gasteiger partial charge in [-0.3, -0.25) is 4.99 Å². The van der Waals surface area contributed by atoms with Crippen LogP contribution < -0.4 is 5.73 Å². The van der Waals surface area contributed by atoms with E-state index in [9.17, 15) is 0 Å². The van der Waals surface area contributed by atoms with Crippen LogP contribution in [-0.4, -0.2) is 21.8 Å². The van der Waals surface area contributed by atoms with Crippen molar-refractivity contribution in [2.24, 2.45) is 10.7 Å². The zero-order valence-corrected chi connectivity index (χ0v) is 17.1. The van der Waals surface area contributed by atoms with E-state index in [0.717, 1.165) is 55.1 Å². The van der Waals surface area contributed by atoms with Crippen molar-refractivity contribution in [3.63, 3.8) is 0 Å². The minimum atomic E-state index is 0.0847. The molecule has 0 aliphatic carbocycles. The summed E-state index contributed by atoms with van der Waals surface area (Å²) in [6.07, 6.45) is 5.25. The normalized spacial score (nSPS) is 16.0. The van der Waals surface area contributed by atoms with Gasteiger partial charge in [0, 0.05) is 32.8 Å². The Morgan fingerprint density at radius 1 is 1.03 bits per heavy atom. The molecule has 1 atom stereocenters. The predicted octanol–water partition coefficient (Wildman–Crippen LogP) is 5.44. The van der Waals surface area contributed by atoms with Crippen molar-refractivity contribution in [3.8, 4) is 11.3 Å². The Morgan fingerprint density at radius 2 is 1.86 bits per heavy atom. The number of rotatable bonds is 6. The summed E-state index contributed by atoms with van der Waals surface area (Å²) in [4.78, 5) is 10.2. The summed E-state index contributed by atoms with van der Waals surface area (Å²) in [5.74, 6) is 1.07. The van der Waals surface area contributed by atoms with Gasteiger partial charge < -0.3 is 10.3 Å². The fourth-order valence-corrected chi connectivity index (χ4v) is 5.02. The lowest BCUT2D eigenvalue weighted by Gasteiger charge is -2.22. The second kappa shape index (κ2) is 7.93. The van der Waals surface area contributed by atoms with Crippen LogP contribution in [-0.2, 0) is 6.54 Å². The van der Waals surface area contributed by atoms with Crippen LogP contribution in [0.3, 0.4) is 0 Å². The predicted molar refractivity (Wildman–Crippen MR) is 122 cm³/mol. The number of aromatic nitrogens is 2. The van der Waals surface area contributed by atoms with Gasteiger partial charge in [-0.1, -0.05) is 48.5 Å². The summed E-state index contributed by atoms with van der Waals surface area (Å²) < 4.78 is 3.61. The Labute approximate surface area is 174 Å². The summed E-state index contributed by atoms with van der Waals surface area (Å²) in [6.45, 7) is 1.49. The monoisotopic (exact) mass is 400 g/mol. The molecule has 0 amide bonds. The summed E-state index contributed by atoms with van der Waals surface area (Å²) >= 11 is 1.79. The van der Waals surface area contributed by atoms with E-state index < -0.39 is 0 Å². The van der Waals surface area contributed by atoms with E-state index >= 15 is 0 Å². The highest BCUT2D eigenvalue weighted by Gasteiger charge is 2.26. The summed E-state index contributed by atoms with van der Waals surface area (Å²) in [6, 6.07) is 19.1. The maximum absolute atomic E-state index is 5.73. The molecule has 0 saturated carbocycles. The zero-order chi connectivity index (χ0) is 19.6. The molecule has 1 aliphatic rings. The molecule has 3 heterocycles. The third-order valence-electron chi connectivity index (χ3n) is 5.53. The van der Waals surface area contributed by atoms with Crippen LogP contribution in [0.15, 0.2) is 71.2 Å². The van der Waals surface area contributed by atoms with Gasteiger partial charge in [0.2, 0.25) is 0 Å². The fraction of sp³-hybridized carbons (Fsp3) is 0.250. The number of hydrogen-bond acceptors (Lipinski definition) is 4. The molecule has 0 bridgehead atoms. The minimum absolute atomic E-state index is 0.0847. The highest BCUT2D eigenvalue weighted by molar-refractivity contribution is 7.17. The average Bonchev–Trinajstić information content (AvgIpc) is 3.39. The molecule has 0 saturated heterocycles. The Morgan fingerprint density at radius 3 is 2.72 bits per heavy atom. The average molecular weight is 401 g/mol. The summed E-state index contributed by atoms with van der Waals surface area (Å²) in [7, 11) is 0. The van der Waals surface area contributed by atoms with Crippen LogP contribution >= 0.6 is 11.3 Å². The van der Waals surface area contributed by atoms with Crippen molar-refractivity contribution in [3.05, 3.63) is 77.6 Å². The van der Waals surface area contributed by atoms with Crippen LogP contribution in [0, 0.1) is 0 Å². The quantitative estimate of drug-likeness (QED) is 0.438. The first-order valence-electron chi connectivity index (χ1n) is 10.2. The van der Waals surface area contributed by atoms with E-state index in [1.165, 1.54) is 15.6 Å². The van der Waals surface area contributed by atoms with Crippen LogP contribution in [0.25, 0.3) is 21.3 Å². The van der Waals surface area contributed by atoms with Gasteiger partial charge in [-0.25, -0.2) is 4.98 Å². The molecule has 29 heavy (non-hydrogen) atoms. The number of nitrogens with two attached hydrogens (primary N) is 1. The first kappa shape index (κ1) is 18.3. The molecule has 4 nitrogen and oxygen atoms in total. The maximum atomic E-state index is 5.73. The van der Waals surface area contributed by atoms with Crippen molar-refractivity contribution >= 4 is 27.1 Å². The van der Waals surface area contributed by atoms with E-state index in [2.05, 4.69) is 64.7 Å². The van der Waals surface area contributed by atoms with E-state index in [4.69, 9.17) is 15.7 Å². The van der Waals surface area contributed by atoms with Crippen LogP contribution in [0.4, 0.5) is 0 Å². The van der Waals surface area contributed by atoms with Crippen molar-refractivity contribution in [1.29, 1.82) is 0 Å². The summed E-state index contributed by atoms with van der Waals surface area (Å²) in [5.41, 5.74) is 10.3. The molecule has 0 fully saturated rings. The molecule has 2 N–H and O–H groups in total. The number of thiophene rings is 1. The van der Waals surface area contributed by atoms with Gasteiger partial charge in [0.25, 0.3) is 0 Å². The lowest BCUT2D eigenvalue weighted by atomic mass is 10.0. The van der Waals surface area contributed by atoms with Gasteiger partial charge in [0.15, 0.2) is 0 Å². The molecule has 0 radical (unpaired) electrons. The van der Waals surface area contributed by atoms with Crippen molar-refractivity contribution in [2.45, 2.75) is 31.8 Å². The number of hydrogen-bond donors (Lipinski definition) is 1. The fourth-order valence-electron chi connectivity index (χ4n) is 4.05. The molecule has 5 rings (SSSR count). The van der Waals surface area contributed by atoms with Crippen LogP contribution in [0.1, 0.15) is 36.7 Å². The molecule has 146 valence electrons. The molecule has 2 aromatic heterocycles. The number of nitrogens with zero attached hydrogens (tertiary/aromatic N) is 3. The lowest BCUT2D eigenvalue weighted by molar-refractivity contribution is 0.531. The number of unbranched alkanes of at least 4 members (excludes halogenated alkanes) is 1. The van der Waals surface area contributed by atoms with Gasteiger partial charge in [-0.15, -0.1) is 11.3 Å². The van der Waals surface area contributed by atoms with Crippen molar-refractivity contribution in [2.75, 3.05) is 6.54 Å². The molecular weight excluding hydrogens is 376 g/mol. The smallest absolute Gasteiger partial charge is 0.134 e. The standard InChI is InChI=1S/C24H24N4S/c25-13-7-6-11-20-24-27-21(17-8-2-1-3-9-17)14-28(24)15-22(26-20)19-16-29-23-12-5-4-10-18(19)23/h1-5,8-10,12,14,16,20H,6-7,11,13,15,25H2. The molecule has 1 aliphatic heterocycles. The summed E-state index contributed by atoms with van der Waals surface area (Å²) in [5, 5.41) is 3.55. The first-order chi connectivity index (χ1) is 14.3. The number of aliphatic imine (C=N–C) groups is 1. The van der Waals surface area contributed by atoms with E-state index in [1.807, 2.05) is 6.07 Å².